The number of fused-ring (bicyclic) bond motifs is 1. The van der Waals surface area contributed by atoms with E-state index < -0.39 is 5.97 Å². The molecule has 1 amide bonds. The van der Waals surface area contributed by atoms with Gasteiger partial charge in [-0.3, -0.25) is 9.59 Å². The van der Waals surface area contributed by atoms with Crippen molar-refractivity contribution in [3.8, 4) is 11.5 Å². The highest BCUT2D eigenvalue weighted by Gasteiger charge is 2.35. The topological polar surface area (TPSA) is 76.1 Å². The predicted molar refractivity (Wildman–Crippen MR) is 72.6 cm³/mol. The number of carboxylic acids is 1. The highest BCUT2D eigenvalue weighted by Crippen LogP contribution is 2.46. The van der Waals surface area contributed by atoms with Crippen molar-refractivity contribution in [2.45, 2.75) is 19.3 Å². The number of methoxy groups -OCH3 is 2. The Morgan fingerprint density at radius 1 is 1.35 bits per heavy atom. The monoisotopic (exact) mass is 279 g/mol. The van der Waals surface area contributed by atoms with Crippen LogP contribution in [0.2, 0.25) is 0 Å². The summed E-state index contributed by atoms with van der Waals surface area (Å²) in [7, 11) is 3.05. The molecular formula is C14H17NO5. The number of hydrogen-bond acceptors (Lipinski definition) is 4. The third-order valence-corrected chi connectivity index (χ3v) is 3.45. The van der Waals surface area contributed by atoms with Crippen molar-refractivity contribution >= 4 is 17.6 Å². The molecule has 0 spiro atoms. The zero-order chi connectivity index (χ0) is 14.9. The maximum Gasteiger partial charge on any atom is 0.304 e. The molecule has 2 rings (SSSR count). The summed E-state index contributed by atoms with van der Waals surface area (Å²) in [6.45, 7) is 1.80. The lowest BCUT2D eigenvalue weighted by atomic mass is 9.97. The SMILES string of the molecule is COc1cc(OC)c2c(c1)N(C(C)=O)CC2CC(=O)O. The van der Waals surface area contributed by atoms with Crippen LogP contribution in [0.4, 0.5) is 5.69 Å². The number of hydrogen-bond donors (Lipinski definition) is 1. The molecule has 0 bridgehead atoms. The van der Waals surface area contributed by atoms with E-state index >= 15 is 0 Å². The molecule has 1 aromatic carbocycles. The number of carbonyl (C=O) groups excluding carboxylic acids is 1. The maximum absolute atomic E-state index is 11.7. The first kappa shape index (κ1) is 14.2. The van der Waals surface area contributed by atoms with E-state index in [1.54, 1.807) is 17.0 Å². The lowest BCUT2D eigenvalue weighted by Gasteiger charge is -2.16. The third-order valence-electron chi connectivity index (χ3n) is 3.45. The quantitative estimate of drug-likeness (QED) is 0.906. The average molecular weight is 279 g/mol. The van der Waals surface area contributed by atoms with Crippen molar-refractivity contribution in [3.63, 3.8) is 0 Å². The molecule has 108 valence electrons. The van der Waals surface area contributed by atoms with Crippen LogP contribution in [0.25, 0.3) is 0 Å². The van der Waals surface area contributed by atoms with Gasteiger partial charge in [0.1, 0.15) is 11.5 Å². The number of carbonyl (C=O) groups is 2. The van der Waals surface area contributed by atoms with Gasteiger partial charge in [0.15, 0.2) is 0 Å². The fourth-order valence-corrected chi connectivity index (χ4v) is 2.59. The molecule has 1 aliphatic rings. The van der Waals surface area contributed by atoms with E-state index in [4.69, 9.17) is 14.6 Å². The number of anilines is 1. The van der Waals surface area contributed by atoms with Gasteiger partial charge in [-0.25, -0.2) is 0 Å². The second kappa shape index (κ2) is 5.40. The number of carboxylic acid groups (broad SMARTS) is 1. The lowest BCUT2D eigenvalue weighted by molar-refractivity contribution is -0.137. The highest BCUT2D eigenvalue weighted by molar-refractivity contribution is 5.95. The Kier molecular flexibility index (Phi) is 3.83. The summed E-state index contributed by atoms with van der Waals surface area (Å²) in [5.41, 5.74) is 1.42. The molecule has 0 aromatic heterocycles. The Balaban J connectivity index is 2.55. The molecule has 0 radical (unpaired) electrons. The maximum atomic E-state index is 11.7. The van der Waals surface area contributed by atoms with Crippen LogP contribution in [0.5, 0.6) is 11.5 Å². The summed E-state index contributed by atoms with van der Waals surface area (Å²) in [6.07, 6.45) is -0.0422. The van der Waals surface area contributed by atoms with E-state index in [9.17, 15) is 9.59 Å². The van der Waals surface area contributed by atoms with Gasteiger partial charge in [-0.05, 0) is 0 Å². The van der Waals surface area contributed by atoms with Crippen LogP contribution < -0.4 is 14.4 Å². The van der Waals surface area contributed by atoms with E-state index in [0.717, 1.165) is 5.56 Å². The predicted octanol–water partition coefficient (Wildman–Crippen LogP) is 1.63. The van der Waals surface area contributed by atoms with Gasteiger partial charge in [-0.15, -0.1) is 0 Å². The average Bonchev–Trinajstić information content (AvgIpc) is 2.76. The van der Waals surface area contributed by atoms with Crippen LogP contribution >= 0.6 is 0 Å². The normalized spacial score (nSPS) is 16.8. The molecule has 1 N–H and O–H groups in total. The van der Waals surface area contributed by atoms with Crippen LogP contribution in [-0.4, -0.2) is 37.7 Å². The fraction of sp³-hybridized carbons (Fsp3) is 0.429. The van der Waals surface area contributed by atoms with Gasteiger partial charge < -0.3 is 19.5 Å². The van der Waals surface area contributed by atoms with Crippen LogP contribution in [-0.2, 0) is 9.59 Å². The first-order valence-electron chi connectivity index (χ1n) is 6.23. The minimum atomic E-state index is -0.899. The molecule has 1 heterocycles. The largest absolute Gasteiger partial charge is 0.497 e. The van der Waals surface area contributed by atoms with Gasteiger partial charge in [0, 0.05) is 37.1 Å². The van der Waals surface area contributed by atoms with E-state index in [1.165, 1.54) is 21.1 Å². The number of benzene rings is 1. The number of nitrogens with zero attached hydrogens (tertiary/aromatic N) is 1. The van der Waals surface area contributed by atoms with E-state index in [1.807, 2.05) is 0 Å². The fourth-order valence-electron chi connectivity index (χ4n) is 2.59. The number of aliphatic carboxylic acids is 1. The molecule has 1 unspecified atom stereocenters. The summed E-state index contributed by atoms with van der Waals surface area (Å²) >= 11 is 0. The molecule has 20 heavy (non-hydrogen) atoms. The summed E-state index contributed by atoms with van der Waals surface area (Å²) < 4.78 is 10.5. The summed E-state index contributed by atoms with van der Waals surface area (Å²) in [6, 6.07) is 3.44. The number of amides is 1. The van der Waals surface area contributed by atoms with Crippen LogP contribution in [0.1, 0.15) is 24.8 Å². The standard InChI is InChI=1S/C14H17NO5/c1-8(16)15-7-9(4-13(17)18)14-11(15)5-10(19-2)6-12(14)20-3/h5-6,9H,4,7H2,1-3H3,(H,17,18). The van der Waals surface area contributed by atoms with Gasteiger partial charge in [-0.2, -0.15) is 0 Å². The Morgan fingerprint density at radius 2 is 2.05 bits per heavy atom. The lowest BCUT2D eigenvalue weighted by Crippen LogP contribution is -2.27. The summed E-state index contributed by atoms with van der Waals surface area (Å²) in [5.74, 6) is -0.178. The van der Waals surface area contributed by atoms with Crippen molar-refractivity contribution in [1.29, 1.82) is 0 Å². The molecule has 0 saturated heterocycles. The van der Waals surface area contributed by atoms with Crippen molar-refractivity contribution < 1.29 is 24.2 Å². The minimum Gasteiger partial charge on any atom is -0.497 e. The van der Waals surface area contributed by atoms with Crippen LogP contribution in [0, 0.1) is 0 Å². The molecule has 6 heteroatoms. The van der Waals surface area contributed by atoms with Crippen molar-refractivity contribution in [3.05, 3.63) is 17.7 Å². The van der Waals surface area contributed by atoms with Crippen molar-refractivity contribution in [1.82, 2.24) is 0 Å². The molecule has 1 aromatic rings. The number of ether oxygens (including phenoxy) is 2. The first-order valence-corrected chi connectivity index (χ1v) is 6.23. The first-order chi connectivity index (χ1) is 9.47. The minimum absolute atomic E-state index is 0.0422. The molecule has 0 fully saturated rings. The van der Waals surface area contributed by atoms with Crippen molar-refractivity contribution in [2.24, 2.45) is 0 Å². The highest BCUT2D eigenvalue weighted by atomic mass is 16.5. The second-order valence-corrected chi connectivity index (χ2v) is 4.69. The molecule has 0 saturated carbocycles. The molecular weight excluding hydrogens is 262 g/mol. The van der Waals surface area contributed by atoms with Gasteiger partial charge >= 0.3 is 5.97 Å². The Bertz CT molecular complexity index is 555. The van der Waals surface area contributed by atoms with Gasteiger partial charge in [0.25, 0.3) is 0 Å². The molecule has 6 nitrogen and oxygen atoms in total. The van der Waals surface area contributed by atoms with Crippen LogP contribution in [0.3, 0.4) is 0 Å². The molecule has 1 aliphatic heterocycles. The van der Waals surface area contributed by atoms with Gasteiger partial charge in [-0.1, -0.05) is 0 Å². The number of rotatable bonds is 4. The van der Waals surface area contributed by atoms with Crippen LogP contribution in [0.15, 0.2) is 12.1 Å². The van der Waals surface area contributed by atoms with E-state index in [0.29, 0.717) is 23.7 Å². The zero-order valence-electron chi connectivity index (χ0n) is 11.7. The summed E-state index contributed by atoms with van der Waals surface area (Å²) in [4.78, 5) is 24.3. The Hall–Kier alpha value is -2.24. The zero-order valence-corrected chi connectivity index (χ0v) is 11.7. The second-order valence-electron chi connectivity index (χ2n) is 4.69. The molecule has 0 aliphatic carbocycles. The third kappa shape index (κ3) is 2.41. The van der Waals surface area contributed by atoms with Gasteiger partial charge in [0.05, 0.1) is 26.3 Å². The smallest absolute Gasteiger partial charge is 0.304 e. The Morgan fingerprint density at radius 3 is 2.55 bits per heavy atom. The Labute approximate surface area is 116 Å². The molecule has 1 atom stereocenters. The van der Waals surface area contributed by atoms with Gasteiger partial charge in [0.2, 0.25) is 5.91 Å². The van der Waals surface area contributed by atoms with Crippen molar-refractivity contribution in [2.75, 3.05) is 25.7 Å². The van der Waals surface area contributed by atoms with E-state index in [-0.39, 0.29) is 18.2 Å². The summed E-state index contributed by atoms with van der Waals surface area (Å²) in [5, 5.41) is 9.02. The van der Waals surface area contributed by atoms with E-state index in [2.05, 4.69) is 0 Å².